The highest BCUT2D eigenvalue weighted by atomic mass is 35.5. The summed E-state index contributed by atoms with van der Waals surface area (Å²) in [7, 11) is 0. The molecule has 0 amide bonds. The van der Waals surface area contributed by atoms with Crippen molar-refractivity contribution in [1.29, 1.82) is 0 Å². The Morgan fingerprint density at radius 2 is 1.89 bits per heavy atom. The van der Waals surface area contributed by atoms with Gasteiger partial charge >= 0.3 is 0 Å². The van der Waals surface area contributed by atoms with Crippen molar-refractivity contribution in [3.8, 4) is 5.75 Å². The minimum Gasteiger partial charge on any atom is -0.493 e. The van der Waals surface area contributed by atoms with Crippen LogP contribution in [0.3, 0.4) is 0 Å². The molecule has 0 aliphatic heterocycles. The minimum absolute atomic E-state index is 0.612. The van der Waals surface area contributed by atoms with Crippen LogP contribution >= 0.6 is 23.4 Å². The van der Waals surface area contributed by atoms with Crippen LogP contribution in [-0.2, 0) is 12.2 Å². The summed E-state index contributed by atoms with van der Waals surface area (Å²) in [4.78, 5) is 0. The summed E-state index contributed by atoms with van der Waals surface area (Å²) in [5.41, 5.74) is 2.10. The first-order chi connectivity index (χ1) is 13.7. The number of benzene rings is 2. The van der Waals surface area contributed by atoms with E-state index in [-0.39, 0.29) is 0 Å². The van der Waals surface area contributed by atoms with E-state index >= 15 is 0 Å². The third-order valence-corrected chi connectivity index (χ3v) is 5.21. The zero-order chi connectivity index (χ0) is 19.8. The molecule has 1 heterocycles. The summed E-state index contributed by atoms with van der Waals surface area (Å²) in [6.07, 6.45) is 3.60. The maximum atomic E-state index is 5.96. The second-order valence-electron chi connectivity index (χ2n) is 6.09. The second-order valence-corrected chi connectivity index (χ2v) is 7.47. The van der Waals surface area contributed by atoms with Crippen molar-refractivity contribution in [2.75, 3.05) is 6.61 Å². The lowest BCUT2D eigenvalue weighted by molar-refractivity contribution is 0.340. The lowest BCUT2D eigenvalue weighted by atomic mass is 10.2. The van der Waals surface area contributed by atoms with Gasteiger partial charge in [0.2, 0.25) is 5.16 Å². The second kappa shape index (κ2) is 10.3. The first-order valence-corrected chi connectivity index (χ1v) is 10.6. The molecule has 3 rings (SSSR count). The summed E-state index contributed by atoms with van der Waals surface area (Å²) in [6, 6.07) is 15.7. The number of halogens is 1. The van der Waals surface area contributed by atoms with E-state index in [9.17, 15) is 0 Å². The highest BCUT2D eigenvalue weighted by Crippen LogP contribution is 2.24. The van der Waals surface area contributed by atoms with Gasteiger partial charge in [-0.3, -0.25) is 0 Å². The van der Waals surface area contributed by atoms with Crippen LogP contribution in [0.25, 0.3) is 0 Å². The van der Waals surface area contributed by atoms with Crippen LogP contribution in [0, 0.1) is 0 Å². The van der Waals surface area contributed by atoms with Crippen LogP contribution in [-0.4, -0.2) is 27.7 Å². The van der Waals surface area contributed by atoms with Crippen molar-refractivity contribution in [2.45, 2.75) is 37.6 Å². The van der Waals surface area contributed by atoms with E-state index in [1.54, 1.807) is 18.0 Å². The molecule has 2 aromatic carbocycles. The molecule has 0 aliphatic rings. The number of hydrogen-bond acceptors (Lipinski definition) is 5. The molecular weight excluding hydrogens is 392 g/mol. The zero-order valence-electron chi connectivity index (χ0n) is 16.0. The van der Waals surface area contributed by atoms with E-state index in [4.69, 9.17) is 16.3 Å². The highest BCUT2D eigenvalue weighted by molar-refractivity contribution is 7.98. The van der Waals surface area contributed by atoms with Gasteiger partial charge in [-0.1, -0.05) is 54.6 Å². The fourth-order valence-electron chi connectivity index (χ4n) is 2.60. The largest absolute Gasteiger partial charge is 0.493 e. The van der Waals surface area contributed by atoms with Crippen molar-refractivity contribution in [2.24, 2.45) is 5.10 Å². The minimum atomic E-state index is 0.612. The average Bonchev–Trinajstić information content (AvgIpc) is 3.09. The maximum absolute atomic E-state index is 5.96. The van der Waals surface area contributed by atoms with Crippen LogP contribution in [0.1, 0.15) is 37.2 Å². The molecule has 7 heteroatoms. The third-order valence-electron chi connectivity index (χ3n) is 3.96. The Morgan fingerprint density at radius 1 is 1.11 bits per heavy atom. The molecule has 0 radical (unpaired) electrons. The molecule has 0 spiro atoms. The maximum Gasteiger partial charge on any atom is 0.212 e. The Morgan fingerprint density at radius 3 is 2.64 bits per heavy atom. The van der Waals surface area contributed by atoms with Gasteiger partial charge in [-0.05, 0) is 43.2 Å². The van der Waals surface area contributed by atoms with Crippen molar-refractivity contribution in [1.82, 2.24) is 14.9 Å². The Labute approximate surface area is 174 Å². The predicted octanol–water partition coefficient (Wildman–Crippen LogP) is 5.46. The monoisotopic (exact) mass is 414 g/mol. The van der Waals surface area contributed by atoms with Crippen LogP contribution in [0.2, 0.25) is 5.02 Å². The van der Waals surface area contributed by atoms with Crippen molar-refractivity contribution in [3.63, 3.8) is 0 Å². The number of nitrogens with zero attached hydrogens (tertiary/aromatic N) is 4. The van der Waals surface area contributed by atoms with Crippen molar-refractivity contribution >= 4 is 29.6 Å². The van der Waals surface area contributed by atoms with Gasteiger partial charge in [0.15, 0.2) is 5.82 Å². The van der Waals surface area contributed by atoms with Gasteiger partial charge in [0, 0.05) is 22.8 Å². The number of para-hydroxylation sites is 1. The number of hydrogen-bond donors (Lipinski definition) is 0. The normalized spacial score (nSPS) is 11.2. The van der Waals surface area contributed by atoms with Crippen molar-refractivity contribution in [3.05, 3.63) is 70.5 Å². The molecule has 0 N–H and O–H groups in total. The molecule has 0 atom stereocenters. The quantitative estimate of drug-likeness (QED) is 0.344. The van der Waals surface area contributed by atoms with Gasteiger partial charge in [0.1, 0.15) is 5.75 Å². The summed E-state index contributed by atoms with van der Waals surface area (Å²) >= 11 is 7.57. The first-order valence-electron chi connectivity index (χ1n) is 9.29. The van der Waals surface area contributed by atoms with E-state index in [1.807, 2.05) is 60.1 Å². The Kier molecular flexibility index (Phi) is 7.51. The summed E-state index contributed by atoms with van der Waals surface area (Å²) in [6.45, 7) is 4.70. The molecule has 0 unspecified atom stereocenters. The smallest absolute Gasteiger partial charge is 0.212 e. The molecule has 146 valence electrons. The fraction of sp³-hybridized carbons (Fsp3) is 0.286. The van der Waals surface area contributed by atoms with E-state index in [0.29, 0.717) is 6.61 Å². The molecule has 0 saturated heterocycles. The van der Waals surface area contributed by atoms with E-state index in [1.165, 1.54) is 5.56 Å². The summed E-state index contributed by atoms with van der Waals surface area (Å²) in [5, 5.41) is 14.8. The predicted molar refractivity (Wildman–Crippen MR) is 116 cm³/mol. The number of thioether (sulfide) groups is 1. The molecule has 0 bridgehead atoms. The van der Waals surface area contributed by atoms with Gasteiger partial charge in [-0.15, -0.1) is 10.2 Å². The molecule has 28 heavy (non-hydrogen) atoms. The Bertz CT molecular complexity index is 924. The first kappa shape index (κ1) is 20.4. The fourth-order valence-corrected chi connectivity index (χ4v) is 3.59. The average molecular weight is 415 g/mol. The molecular formula is C21H23ClN4OS. The lowest BCUT2D eigenvalue weighted by Crippen LogP contribution is -2.01. The van der Waals surface area contributed by atoms with Gasteiger partial charge in [-0.25, -0.2) is 0 Å². The Hall–Kier alpha value is -2.31. The van der Waals surface area contributed by atoms with E-state index < -0.39 is 0 Å². The topological polar surface area (TPSA) is 52.3 Å². The molecule has 3 aromatic rings. The van der Waals surface area contributed by atoms with Crippen LogP contribution in [0.4, 0.5) is 0 Å². The lowest BCUT2D eigenvalue weighted by Gasteiger charge is -2.07. The van der Waals surface area contributed by atoms with Crippen LogP contribution in [0.5, 0.6) is 5.75 Å². The standard InChI is InChI=1S/C21H23ClN4OS/c1-3-7-20-24-25-21(28-15-16-10-12-18(22)13-11-16)26(20)23-14-17-8-5-6-9-19(17)27-4-2/h5-6,8-14H,3-4,7,15H2,1-2H3/b23-14+. The van der Waals surface area contributed by atoms with E-state index in [0.717, 1.165) is 45.9 Å². The number of ether oxygens (including phenoxy) is 1. The zero-order valence-corrected chi connectivity index (χ0v) is 17.6. The Balaban J connectivity index is 1.82. The number of rotatable bonds is 9. The SMILES string of the molecule is CCCc1nnc(SCc2ccc(Cl)cc2)n1/N=C/c1ccccc1OCC. The van der Waals surface area contributed by atoms with Gasteiger partial charge < -0.3 is 4.74 Å². The molecule has 0 fully saturated rings. The number of aromatic nitrogens is 3. The molecule has 5 nitrogen and oxygen atoms in total. The molecule has 0 saturated carbocycles. The van der Waals surface area contributed by atoms with Gasteiger partial charge in [-0.2, -0.15) is 9.78 Å². The molecule has 0 aliphatic carbocycles. The van der Waals surface area contributed by atoms with Gasteiger partial charge in [0.05, 0.1) is 12.8 Å². The summed E-state index contributed by atoms with van der Waals surface area (Å²) in [5.74, 6) is 2.44. The highest BCUT2D eigenvalue weighted by Gasteiger charge is 2.12. The number of aryl methyl sites for hydroxylation is 1. The summed E-state index contributed by atoms with van der Waals surface area (Å²) < 4.78 is 7.51. The van der Waals surface area contributed by atoms with Crippen molar-refractivity contribution < 1.29 is 4.74 Å². The van der Waals surface area contributed by atoms with E-state index in [2.05, 4.69) is 22.2 Å². The molecule has 1 aromatic heterocycles. The van der Waals surface area contributed by atoms with Crippen LogP contribution in [0.15, 0.2) is 58.8 Å². The van der Waals surface area contributed by atoms with Crippen LogP contribution < -0.4 is 4.74 Å². The van der Waals surface area contributed by atoms with Gasteiger partial charge in [0.25, 0.3) is 0 Å². The third kappa shape index (κ3) is 5.36.